The summed E-state index contributed by atoms with van der Waals surface area (Å²) in [4.78, 5) is 12.7. The van der Waals surface area contributed by atoms with Crippen LogP contribution in [0.15, 0.2) is 57.8 Å². The van der Waals surface area contributed by atoms with Crippen LogP contribution in [0.3, 0.4) is 0 Å². The molecule has 4 rings (SSSR count). The van der Waals surface area contributed by atoms with Gasteiger partial charge in [-0.15, -0.1) is 16.8 Å². The molecule has 1 amide bonds. The molecule has 0 radical (unpaired) electrons. The van der Waals surface area contributed by atoms with Gasteiger partial charge in [-0.25, -0.2) is 0 Å². The van der Waals surface area contributed by atoms with E-state index >= 15 is 0 Å². The number of rotatable bonds is 5. The van der Waals surface area contributed by atoms with Crippen LogP contribution >= 0.6 is 23.1 Å². The molecule has 0 spiro atoms. The minimum atomic E-state index is -0.320. The quantitative estimate of drug-likeness (QED) is 0.289. The molecular formula is C19H15N3O2S2. The SMILES string of the molecule is C=CCSc1nnc(NC(=O)c2oc3c(ccc4ccccc43)c2C)s1. The van der Waals surface area contributed by atoms with Crippen molar-refractivity contribution in [1.82, 2.24) is 10.2 Å². The Kier molecular flexibility index (Phi) is 4.48. The van der Waals surface area contributed by atoms with E-state index in [9.17, 15) is 4.79 Å². The number of furan rings is 1. The first kappa shape index (κ1) is 16.8. The summed E-state index contributed by atoms with van der Waals surface area (Å²) < 4.78 is 6.73. The van der Waals surface area contributed by atoms with Crippen LogP contribution in [0.2, 0.25) is 0 Å². The number of benzene rings is 2. The van der Waals surface area contributed by atoms with Crippen LogP contribution in [-0.2, 0) is 0 Å². The number of nitrogens with one attached hydrogen (secondary N) is 1. The first-order chi connectivity index (χ1) is 12.7. The third kappa shape index (κ3) is 3.00. The van der Waals surface area contributed by atoms with E-state index in [2.05, 4.69) is 22.1 Å². The van der Waals surface area contributed by atoms with Crippen molar-refractivity contribution in [3.8, 4) is 0 Å². The van der Waals surface area contributed by atoms with Crippen LogP contribution < -0.4 is 5.32 Å². The van der Waals surface area contributed by atoms with Crippen LogP contribution in [0.4, 0.5) is 5.13 Å². The second-order valence-electron chi connectivity index (χ2n) is 5.65. The number of nitrogens with zero attached hydrogens (tertiary/aromatic N) is 2. The van der Waals surface area contributed by atoms with E-state index in [-0.39, 0.29) is 5.91 Å². The fourth-order valence-electron chi connectivity index (χ4n) is 2.77. The topological polar surface area (TPSA) is 68.0 Å². The van der Waals surface area contributed by atoms with Crippen molar-refractivity contribution in [3.05, 3.63) is 60.4 Å². The van der Waals surface area contributed by atoms with Crippen LogP contribution in [0, 0.1) is 6.92 Å². The first-order valence-corrected chi connectivity index (χ1v) is 9.77. The van der Waals surface area contributed by atoms with Gasteiger partial charge < -0.3 is 4.42 Å². The molecule has 5 nitrogen and oxygen atoms in total. The number of hydrogen-bond acceptors (Lipinski definition) is 6. The number of fused-ring (bicyclic) bond motifs is 3. The number of amides is 1. The monoisotopic (exact) mass is 381 g/mol. The van der Waals surface area contributed by atoms with E-state index in [4.69, 9.17) is 4.42 Å². The predicted molar refractivity (Wildman–Crippen MR) is 107 cm³/mol. The number of aromatic nitrogens is 2. The van der Waals surface area contributed by atoms with Gasteiger partial charge in [-0.05, 0) is 12.3 Å². The lowest BCUT2D eigenvalue weighted by Gasteiger charge is -1.98. The average molecular weight is 381 g/mol. The molecule has 0 saturated heterocycles. The fraction of sp³-hybridized carbons (Fsp3) is 0.105. The Morgan fingerprint density at radius 1 is 1.27 bits per heavy atom. The Hall–Kier alpha value is -2.64. The highest BCUT2D eigenvalue weighted by Crippen LogP contribution is 2.32. The van der Waals surface area contributed by atoms with Crippen molar-refractivity contribution in [2.75, 3.05) is 11.1 Å². The molecule has 130 valence electrons. The number of hydrogen-bond donors (Lipinski definition) is 1. The van der Waals surface area contributed by atoms with Crippen LogP contribution in [0.1, 0.15) is 16.1 Å². The fourth-order valence-corrected chi connectivity index (χ4v) is 4.28. The molecule has 0 aliphatic carbocycles. The van der Waals surface area contributed by atoms with E-state index in [0.29, 0.717) is 10.9 Å². The van der Waals surface area contributed by atoms with Crippen molar-refractivity contribution >= 4 is 55.9 Å². The van der Waals surface area contributed by atoms with Gasteiger partial charge in [-0.1, -0.05) is 65.6 Å². The van der Waals surface area contributed by atoms with Crippen molar-refractivity contribution in [3.63, 3.8) is 0 Å². The average Bonchev–Trinajstić information content (AvgIpc) is 3.24. The lowest BCUT2D eigenvalue weighted by atomic mass is 10.1. The van der Waals surface area contributed by atoms with Crippen molar-refractivity contribution in [1.29, 1.82) is 0 Å². The first-order valence-electron chi connectivity index (χ1n) is 7.97. The minimum absolute atomic E-state index is 0.298. The molecule has 0 unspecified atom stereocenters. The van der Waals surface area contributed by atoms with Gasteiger partial charge in [-0.2, -0.15) is 0 Å². The Morgan fingerprint density at radius 2 is 2.12 bits per heavy atom. The Morgan fingerprint density at radius 3 is 2.96 bits per heavy atom. The largest absolute Gasteiger partial charge is 0.450 e. The number of carbonyl (C=O) groups is 1. The summed E-state index contributed by atoms with van der Waals surface area (Å²) in [5.41, 5.74) is 1.54. The van der Waals surface area contributed by atoms with Crippen LogP contribution in [-0.4, -0.2) is 21.9 Å². The van der Waals surface area contributed by atoms with Gasteiger partial charge in [-0.3, -0.25) is 10.1 Å². The number of carbonyl (C=O) groups excluding carboxylic acids is 1. The molecular weight excluding hydrogens is 366 g/mol. The number of anilines is 1. The van der Waals surface area contributed by atoms with E-state index in [1.807, 2.05) is 43.3 Å². The van der Waals surface area contributed by atoms with Gasteiger partial charge in [0.25, 0.3) is 5.91 Å². The van der Waals surface area contributed by atoms with Crippen LogP contribution in [0.25, 0.3) is 21.7 Å². The second-order valence-corrected chi connectivity index (χ2v) is 7.89. The summed E-state index contributed by atoms with van der Waals surface area (Å²) in [6.07, 6.45) is 1.80. The van der Waals surface area contributed by atoms with E-state index in [1.54, 1.807) is 6.08 Å². The summed E-state index contributed by atoms with van der Waals surface area (Å²) in [5, 5.41) is 14.3. The standard InChI is InChI=1S/C19H15N3O2S2/c1-3-10-25-19-22-21-18(26-19)20-17(23)15-11(2)13-9-8-12-6-4-5-7-14(12)16(13)24-15/h3-9H,1,10H2,2H3,(H,20,21,23). The minimum Gasteiger partial charge on any atom is -0.450 e. The zero-order valence-electron chi connectivity index (χ0n) is 14.0. The maximum absolute atomic E-state index is 12.7. The van der Waals surface area contributed by atoms with Crippen LogP contribution in [0.5, 0.6) is 0 Å². The zero-order chi connectivity index (χ0) is 18.1. The lowest BCUT2D eigenvalue weighted by molar-refractivity contribution is 0.0998. The molecule has 1 N–H and O–H groups in total. The molecule has 0 saturated carbocycles. The van der Waals surface area contributed by atoms with Gasteiger partial charge in [0.2, 0.25) is 5.13 Å². The zero-order valence-corrected chi connectivity index (χ0v) is 15.6. The third-order valence-electron chi connectivity index (χ3n) is 3.99. The second kappa shape index (κ2) is 6.93. The molecule has 0 bridgehead atoms. The summed E-state index contributed by atoms with van der Waals surface area (Å²) >= 11 is 2.86. The lowest BCUT2D eigenvalue weighted by Crippen LogP contribution is -2.11. The van der Waals surface area contributed by atoms with E-state index in [1.165, 1.54) is 23.1 Å². The summed E-state index contributed by atoms with van der Waals surface area (Å²) in [7, 11) is 0. The molecule has 2 heterocycles. The highest BCUT2D eigenvalue weighted by Gasteiger charge is 2.20. The van der Waals surface area contributed by atoms with Gasteiger partial charge in [0.05, 0.1) is 0 Å². The third-order valence-corrected chi connectivity index (χ3v) is 5.95. The smallest absolute Gasteiger partial charge is 0.293 e. The molecule has 0 aliphatic heterocycles. The van der Waals surface area contributed by atoms with Gasteiger partial charge in [0.1, 0.15) is 5.58 Å². The van der Waals surface area contributed by atoms with Crippen molar-refractivity contribution in [2.45, 2.75) is 11.3 Å². The molecule has 2 aromatic heterocycles. The summed E-state index contributed by atoms with van der Waals surface area (Å²) in [5.74, 6) is 0.726. The van der Waals surface area contributed by atoms with Gasteiger partial charge in [0.15, 0.2) is 10.1 Å². The van der Waals surface area contributed by atoms with E-state index < -0.39 is 0 Å². The van der Waals surface area contributed by atoms with Gasteiger partial charge in [0, 0.05) is 22.1 Å². The maximum Gasteiger partial charge on any atom is 0.293 e. The molecule has 7 heteroatoms. The van der Waals surface area contributed by atoms with E-state index in [0.717, 1.165) is 37.4 Å². The number of thioether (sulfide) groups is 1. The normalized spacial score (nSPS) is 11.1. The Bertz CT molecular complexity index is 1130. The molecule has 2 aromatic carbocycles. The molecule has 4 aromatic rings. The Labute approximate surface area is 158 Å². The molecule has 0 atom stereocenters. The van der Waals surface area contributed by atoms with Crippen molar-refractivity contribution in [2.24, 2.45) is 0 Å². The number of aryl methyl sites for hydroxylation is 1. The highest BCUT2D eigenvalue weighted by atomic mass is 32.2. The molecule has 26 heavy (non-hydrogen) atoms. The van der Waals surface area contributed by atoms with Gasteiger partial charge >= 0.3 is 0 Å². The van der Waals surface area contributed by atoms with Crippen molar-refractivity contribution < 1.29 is 9.21 Å². The predicted octanol–water partition coefficient (Wildman–Crippen LogP) is 5.28. The maximum atomic E-state index is 12.7. The summed E-state index contributed by atoms with van der Waals surface area (Å²) in [6.45, 7) is 5.57. The Balaban J connectivity index is 1.66. The molecule has 0 aliphatic rings. The molecule has 0 fully saturated rings. The highest BCUT2D eigenvalue weighted by molar-refractivity contribution is 8.01. The summed E-state index contributed by atoms with van der Waals surface area (Å²) in [6, 6.07) is 12.0.